The van der Waals surface area contributed by atoms with Crippen LogP contribution in [-0.2, 0) is 6.54 Å². The van der Waals surface area contributed by atoms with Crippen LogP contribution in [0.15, 0.2) is 18.2 Å². The first kappa shape index (κ1) is 15.0. The highest BCUT2D eigenvalue weighted by Crippen LogP contribution is 2.26. The molecule has 0 spiro atoms. The van der Waals surface area contributed by atoms with Gasteiger partial charge < -0.3 is 5.11 Å². The number of halogens is 1. The van der Waals surface area contributed by atoms with Crippen LogP contribution >= 0.6 is 0 Å². The van der Waals surface area contributed by atoms with Crippen molar-refractivity contribution in [2.45, 2.75) is 33.2 Å². The average Bonchev–Trinajstić information content (AvgIpc) is 2.41. The van der Waals surface area contributed by atoms with E-state index in [1.54, 1.807) is 6.07 Å². The highest BCUT2D eigenvalue weighted by Gasteiger charge is 2.22. The van der Waals surface area contributed by atoms with Gasteiger partial charge in [0.05, 0.1) is 5.56 Å². The van der Waals surface area contributed by atoms with Gasteiger partial charge in [-0.1, -0.05) is 19.9 Å². The lowest BCUT2D eigenvalue weighted by atomic mass is 9.86. The second-order valence-electron chi connectivity index (χ2n) is 5.96. The first-order valence-corrected chi connectivity index (χ1v) is 7.21. The maximum absolute atomic E-state index is 13.1. The molecule has 2 rings (SSSR count). The van der Waals surface area contributed by atoms with Crippen molar-refractivity contribution in [3.8, 4) is 0 Å². The van der Waals surface area contributed by atoms with Crippen LogP contribution in [0, 0.1) is 17.7 Å². The minimum absolute atomic E-state index is 0.0796. The Balaban J connectivity index is 2.03. The van der Waals surface area contributed by atoms with Crippen LogP contribution in [0.2, 0.25) is 0 Å². The fourth-order valence-corrected chi connectivity index (χ4v) is 2.90. The number of rotatable bonds is 4. The van der Waals surface area contributed by atoms with Gasteiger partial charge in [-0.05, 0) is 55.5 Å². The molecule has 0 amide bonds. The number of benzene rings is 1. The van der Waals surface area contributed by atoms with Crippen LogP contribution in [0.3, 0.4) is 0 Å². The molecule has 1 saturated heterocycles. The highest BCUT2D eigenvalue weighted by molar-refractivity contribution is 5.89. The summed E-state index contributed by atoms with van der Waals surface area (Å²) < 4.78 is 13.1. The largest absolute Gasteiger partial charge is 0.478 e. The Morgan fingerprint density at radius 1 is 1.40 bits per heavy atom. The fraction of sp³-hybridized carbons (Fsp3) is 0.562. The van der Waals surface area contributed by atoms with Gasteiger partial charge in [-0.3, -0.25) is 4.90 Å². The van der Waals surface area contributed by atoms with Crippen molar-refractivity contribution in [1.82, 2.24) is 4.90 Å². The molecule has 1 aliphatic rings. The van der Waals surface area contributed by atoms with Crippen molar-refractivity contribution in [1.29, 1.82) is 0 Å². The molecule has 3 nitrogen and oxygen atoms in total. The molecule has 1 fully saturated rings. The van der Waals surface area contributed by atoms with E-state index in [1.165, 1.54) is 6.07 Å². The smallest absolute Gasteiger partial charge is 0.336 e. The third kappa shape index (κ3) is 3.57. The van der Waals surface area contributed by atoms with Gasteiger partial charge in [0.2, 0.25) is 0 Å². The predicted molar refractivity (Wildman–Crippen MR) is 76.2 cm³/mol. The van der Waals surface area contributed by atoms with Gasteiger partial charge in [-0.2, -0.15) is 0 Å². The average molecular weight is 279 g/mol. The normalized spacial score (nSPS) is 17.6. The number of carboxylic acid groups (broad SMARTS) is 1. The zero-order chi connectivity index (χ0) is 14.7. The molecule has 0 atom stereocenters. The Labute approximate surface area is 119 Å². The number of carbonyl (C=O) groups is 1. The first-order chi connectivity index (χ1) is 9.47. The van der Waals surface area contributed by atoms with E-state index < -0.39 is 11.8 Å². The highest BCUT2D eigenvalue weighted by atomic mass is 19.1. The van der Waals surface area contributed by atoms with Crippen LogP contribution in [0.5, 0.6) is 0 Å². The summed E-state index contributed by atoms with van der Waals surface area (Å²) in [5, 5.41) is 9.15. The third-order valence-electron chi connectivity index (χ3n) is 4.27. The Morgan fingerprint density at radius 3 is 2.60 bits per heavy atom. The molecule has 110 valence electrons. The molecule has 0 saturated carbocycles. The summed E-state index contributed by atoms with van der Waals surface area (Å²) in [6.07, 6.45) is 2.31. The molecule has 0 bridgehead atoms. The Hall–Kier alpha value is -1.42. The van der Waals surface area contributed by atoms with E-state index in [0.29, 0.717) is 18.0 Å². The molecule has 1 heterocycles. The number of carboxylic acids is 1. The number of piperidine rings is 1. The zero-order valence-electron chi connectivity index (χ0n) is 12.1. The van der Waals surface area contributed by atoms with Crippen molar-refractivity contribution in [3.63, 3.8) is 0 Å². The molecule has 0 unspecified atom stereocenters. The number of nitrogens with zero attached hydrogens (tertiary/aromatic N) is 1. The molecule has 1 N–H and O–H groups in total. The lowest BCUT2D eigenvalue weighted by Crippen LogP contribution is -2.35. The van der Waals surface area contributed by atoms with Crippen molar-refractivity contribution in [3.05, 3.63) is 35.1 Å². The molecule has 1 aromatic carbocycles. The van der Waals surface area contributed by atoms with E-state index in [1.807, 2.05) is 0 Å². The van der Waals surface area contributed by atoms with Gasteiger partial charge in [0.1, 0.15) is 5.82 Å². The van der Waals surface area contributed by atoms with E-state index in [0.717, 1.165) is 37.9 Å². The van der Waals surface area contributed by atoms with Gasteiger partial charge >= 0.3 is 5.97 Å². The Morgan fingerprint density at radius 2 is 2.05 bits per heavy atom. The second-order valence-corrected chi connectivity index (χ2v) is 5.96. The van der Waals surface area contributed by atoms with Gasteiger partial charge in [0.25, 0.3) is 0 Å². The van der Waals surface area contributed by atoms with Crippen LogP contribution in [0.1, 0.15) is 42.6 Å². The summed E-state index contributed by atoms with van der Waals surface area (Å²) in [7, 11) is 0. The minimum Gasteiger partial charge on any atom is -0.478 e. The van der Waals surface area contributed by atoms with E-state index in [4.69, 9.17) is 5.11 Å². The summed E-state index contributed by atoms with van der Waals surface area (Å²) in [4.78, 5) is 13.4. The zero-order valence-corrected chi connectivity index (χ0v) is 12.1. The molecular weight excluding hydrogens is 257 g/mol. The van der Waals surface area contributed by atoms with Crippen LogP contribution in [0.4, 0.5) is 4.39 Å². The number of hydrogen-bond acceptors (Lipinski definition) is 2. The van der Waals surface area contributed by atoms with E-state index in [-0.39, 0.29) is 5.56 Å². The van der Waals surface area contributed by atoms with Crippen molar-refractivity contribution in [2.75, 3.05) is 13.1 Å². The summed E-state index contributed by atoms with van der Waals surface area (Å²) in [6.45, 7) is 7.07. The topological polar surface area (TPSA) is 40.5 Å². The molecule has 20 heavy (non-hydrogen) atoms. The second kappa shape index (κ2) is 6.35. The van der Waals surface area contributed by atoms with Gasteiger partial charge in [-0.25, -0.2) is 9.18 Å². The molecule has 0 aromatic heterocycles. The fourth-order valence-electron chi connectivity index (χ4n) is 2.90. The van der Waals surface area contributed by atoms with Gasteiger partial charge in [-0.15, -0.1) is 0 Å². The molecule has 1 aromatic rings. The SMILES string of the molecule is CC(C)C1CCN(Cc2ccc(F)cc2C(=O)O)CC1. The number of hydrogen-bond donors (Lipinski definition) is 1. The summed E-state index contributed by atoms with van der Waals surface area (Å²) >= 11 is 0. The lowest BCUT2D eigenvalue weighted by Gasteiger charge is -2.34. The molecule has 0 aliphatic carbocycles. The van der Waals surface area contributed by atoms with Crippen molar-refractivity contribution >= 4 is 5.97 Å². The molecule has 1 aliphatic heterocycles. The van der Waals surface area contributed by atoms with Crippen molar-refractivity contribution in [2.24, 2.45) is 11.8 Å². The summed E-state index contributed by atoms with van der Waals surface area (Å²) in [5.41, 5.74) is 0.776. The van der Waals surface area contributed by atoms with Gasteiger partial charge in [0.15, 0.2) is 0 Å². The number of likely N-dealkylation sites (tertiary alicyclic amines) is 1. The lowest BCUT2D eigenvalue weighted by molar-refractivity contribution is 0.0692. The predicted octanol–water partition coefficient (Wildman–Crippen LogP) is 3.39. The third-order valence-corrected chi connectivity index (χ3v) is 4.27. The molecule has 0 radical (unpaired) electrons. The first-order valence-electron chi connectivity index (χ1n) is 7.21. The monoisotopic (exact) mass is 279 g/mol. The maximum atomic E-state index is 13.1. The number of aromatic carboxylic acids is 1. The molecular formula is C16H22FNO2. The van der Waals surface area contributed by atoms with E-state index >= 15 is 0 Å². The molecule has 4 heteroatoms. The summed E-state index contributed by atoms with van der Waals surface area (Å²) in [5.74, 6) is -0.0859. The minimum atomic E-state index is -1.06. The van der Waals surface area contributed by atoms with Crippen LogP contribution < -0.4 is 0 Å². The quantitative estimate of drug-likeness (QED) is 0.918. The standard InChI is InChI=1S/C16H22FNO2/c1-11(2)12-5-7-18(8-6-12)10-13-3-4-14(17)9-15(13)16(19)20/h3-4,9,11-12H,5-8,10H2,1-2H3,(H,19,20). The van der Waals surface area contributed by atoms with Crippen LogP contribution in [-0.4, -0.2) is 29.1 Å². The van der Waals surface area contributed by atoms with E-state index in [9.17, 15) is 9.18 Å². The van der Waals surface area contributed by atoms with E-state index in [2.05, 4.69) is 18.7 Å². The van der Waals surface area contributed by atoms with Crippen LogP contribution in [0.25, 0.3) is 0 Å². The Bertz CT molecular complexity index is 479. The maximum Gasteiger partial charge on any atom is 0.336 e. The summed E-state index contributed by atoms with van der Waals surface area (Å²) in [6, 6.07) is 4.04. The Kier molecular flexibility index (Phi) is 4.76. The van der Waals surface area contributed by atoms with Crippen molar-refractivity contribution < 1.29 is 14.3 Å². The van der Waals surface area contributed by atoms with Gasteiger partial charge in [0, 0.05) is 6.54 Å².